The van der Waals surface area contributed by atoms with Crippen LogP contribution in [0.3, 0.4) is 0 Å². The van der Waals surface area contributed by atoms with Crippen molar-refractivity contribution in [2.45, 2.75) is 25.7 Å². The number of carboxylic acids is 1. The van der Waals surface area contributed by atoms with E-state index in [0.29, 0.717) is 40.9 Å². The predicted octanol–water partition coefficient (Wildman–Crippen LogP) is 3.61. The van der Waals surface area contributed by atoms with Gasteiger partial charge in [-0.3, -0.25) is 9.59 Å². The lowest BCUT2D eigenvalue weighted by molar-refractivity contribution is -0.143. The third-order valence-electron chi connectivity index (χ3n) is 3.87. The Bertz CT molecular complexity index is 519. The molecule has 1 aromatic rings. The van der Waals surface area contributed by atoms with Crippen LogP contribution in [-0.4, -0.2) is 23.5 Å². The largest absolute Gasteiger partial charge is 0.481 e. The van der Waals surface area contributed by atoms with E-state index < -0.39 is 5.97 Å². The summed E-state index contributed by atoms with van der Waals surface area (Å²) >= 11 is 11.7. The summed E-state index contributed by atoms with van der Waals surface area (Å²) in [5, 5.41) is 12.7. The third-order valence-corrected chi connectivity index (χ3v) is 4.31. The first-order chi connectivity index (χ1) is 9.95. The van der Waals surface area contributed by atoms with E-state index in [4.69, 9.17) is 28.3 Å². The number of benzene rings is 1. The summed E-state index contributed by atoms with van der Waals surface area (Å²) in [5.74, 6) is -0.825. The van der Waals surface area contributed by atoms with Crippen molar-refractivity contribution in [2.75, 3.05) is 6.54 Å². The molecule has 1 fully saturated rings. The number of amides is 1. The van der Waals surface area contributed by atoms with Crippen molar-refractivity contribution in [1.82, 2.24) is 5.32 Å². The van der Waals surface area contributed by atoms with Gasteiger partial charge in [-0.1, -0.05) is 23.2 Å². The van der Waals surface area contributed by atoms with Gasteiger partial charge < -0.3 is 10.4 Å². The molecule has 0 aliphatic heterocycles. The lowest BCUT2D eigenvalue weighted by Gasteiger charge is -2.26. The summed E-state index contributed by atoms with van der Waals surface area (Å²) in [4.78, 5) is 22.9. The maximum atomic E-state index is 12.0. The summed E-state index contributed by atoms with van der Waals surface area (Å²) in [5.41, 5.74) is 0.437. The molecule has 1 amide bonds. The number of carbonyl (C=O) groups is 2. The zero-order valence-corrected chi connectivity index (χ0v) is 13.0. The molecule has 1 aliphatic rings. The van der Waals surface area contributed by atoms with Crippen LogP contribution in [0.4, 0.5) is 0 Å². The van der Waals surface area contributed by atoms with E-state index in [1.54, 1.807) is 18.2 Å². The standard InChI is InChI=1S/C15H17Cl2NO3/c16-12-5-11(6-13(17)7-12)14(19)18-8-9-1-3-10(4-2-9)15(20)21/h5-7,9-10H,1-4,8H2,(H,18,19)(H,20,21). The molecule has 4 nitrogen and oxygen atoms in total. The van der Waals surface area contributed by atoms with Gasteiger partial charge in [0.05, 0.1) is 5.92 Å². The van der Waals surface area contributed by atoms with Gasteiger partial charge >= 0.3 is 5.97 Å². The van der Waals surface area contributed by atoms with Gasteiger partial charge in [-0.05, 0) is 49.8 Å². The Kier molecular flexibility index (Phi) is 5.48. The zero-order chi connectivity index (χ0) is 15.4. The van der Waals surface area contributed by atoms with Crippen LogP contribution in [0, 0.1) is 11.8 Å². The summed E-state index contributed by atoms with van der Waals surface area (Å²) in [7, 11) is 0. The average molecular weight is 330 g/mol. The number of aliphatic carboxylic acids is 1. The number of rotatable bonds is 4. The highest BCUT2D eigenvalue weighted by Crippen LogP contribution is 2.28. The van der Waals surface area contributed by atoms with Crippen LogP contribution >= 0.6 is 23.2 Å². The summed E-state index contributed by atoms with van der Waals surface area (Å²) in [6, 6.07) is 4.72. The fraction of sp³-hybridized carbons (Fsp3) is 0.467. The number of hydrogen-bond donors (Lipinski definition) is 2. The van der Waals surface area contributed by atoms with E-state index in [1.807, 2.05) is 0 Å². The molecule has 0 heterocycles. The summed E-state index contributed by atoms with van der Waals surface area (Å²) in [6.45, 7) is 0.551. The number of nitrogens with one attached hydrogen (secondary N) is 1. The monoisotopic (exact) mass is 329 g/mol. The minimum absolute atomic E-state index is 0.209. The molecule has 1 aromatic carbocycles. The average Bonchev–Trinajstić information content (AvgIpc) is 2.44. The molecule has 2 N–H and O–H groups in total. The number of hydrogen-bond acceptors (Lipinski definition) is 2. The highest BCUT2D eigenvalue weighted by atomic mass is 35.5. The molecule has 0 radical (unpaired) electrons. The third kappa shape index (κ3) is 4.61. The van der Waals surface area contributed by atoms with Gasteiger partial charge in [0.15, 0.2) is 0 Å². The van der Waals surface area contributed by atoms with Crippen molar-refractivity contribution in [3.05, 3.63) is 33.8 Å². The molecule has 6 heteroatoms. The Hall–Kier alpha value is -1.26. The molecule has 0 aromatic heterocycles. The van der Waals surface area contributed by atoms with Crippen LogP contribution in [0.15, 0.2) is 18.2 Å². The molecule has 0 bridgehead atoms. The molecule has 0 unspecified atom stereocenters. The summed E-state index contributed by atoms with van der Waals surface area (Å²) < 4.78 is 0. The van der Waals surface area contributed by atoms with Gasteiger partial charge in [0.2, 0.25) is 0 Å². The van der Waals surface area contributed by atoms with Gasteiger partial charge in [0.1, 0.15) is 0 Å². The van der Waals surface area contributed by atoms with Gasteiger partial charge in [-0.2, -0.15) is 0 Å². The lowest BCUT2D eigenvalue weighted by atomic mass is 9.82. The van der Waals surface area contributed by atoms with E-state index in [9.17, 15) is 9.59 Å². The van der Waals surface area contributed by atoms with Gasteiger partial charge in [-0.25, -0.2) is 0 Å². The fourth-order valence-electron chi connectivity index (χ4n) is 2.64. The molecule has 1 aliphatic carbocycles. The van der Waals surface area contributed by atoms with Crippen molar-refractivity contribution in [2.24, 2.45) is 11.8 Å². The van der Waals surface area contributed by atoms with Gasteiger partial charge in [-0.15, -0.1) is 0 Å². The van der Waals surface area contributed by atoms with Crippen LogP contribution in [0.25, 0.3) is 0 Å². The predicted molar refractivity (Wildman–Crippen MR) is 81.9 cm³/mol. The highest BCUT2D eigenvalue weighted by Gasteiger charge is 2.26. The summed E-state index contributed by atoms with van der Waals surface area (Å²) in [6.07, 6.45) is 3.01. The van der Waals surface area contributed by atoms with Crippen molar-refractivity contribution in [3.63, 3.8) is 0 Å². The Morgan fingerprint density at radius 2 is 1.67 bits per heavy atom. The van der Waals surface area contributed by atoms with E-state index in [0.717, 1.165) is 12.8 Å². The molecule has 0 spiro atoms. The van der Waals surface area contributed by atoms with E-state index in [1.165, 1.54) is 0 Å². The van der Waals surface area contributed by atoms with Crippen LogP contribution in [0.1, 0.15) is 36.0 Å². The van der Waals surface area contributed by atoms with Gasteiger partial charge in [0.25, 0.3) is 5.91 Å². The van der Waals surface area contributed by atoms with Crippen molar-refractivity contribution in [1.29, 1.82) is 0 Å². The second-order valence-electron chi connectivity index (χ2n) is 5.42. The SMILES string of the molecule is O=C(NCC1CCC(C(=O)O)CC1)c1cc(Cl)cc(Cl)c1. The first-order valence-corrected chi connectivity index (χ1v) is 7.68. The van der Waals surface area contributed by atoms with Crippen LogP contribution in [-0.2, 0) is 4.79 Å². The van der Waals surface area contributed by atoms with Crippen LogP contribution in [0.5, 0.6) is 0 Å². The molecule has 2 rings (SSSR count). The molecule has 21 heavy (non-hydrogen) atoms. The van der Waals surface area contributed by atoms with Crippen LogP contribution < -0.4 is 5.32 Å². The maximum Gasteiger partial charge on any atom is 0.306 e. The zero-order valence-electron chi connectivity index (χ0n) is 11.4. The van der Waals surface area contributed by atoms with Crippen molar-refractivity contribution in [3.8, 4) is 0 Å². The van der Waals surface area contributed by atoms with Crippen LogP contribution in [0.2, 0.25) is 10.0 Å². The number of halogens is 2. The molecule has 114 valence electrons. The number of carboxylic acid groups (broad SMARTS) is 1. The maximum absolute atomic E-state index is 12.0. The molecule has 0 atom stereocenters. The van der Waals surface area contributed by atoms with E-state index >= 15 is 0 Å². The topological polar surface area (TPSA) is 66.4 Å². The molecular weight excluding hydrogens is 313 g/mol. The van der Waals surface area contributed by atoms with Crippen molar-refractivity contribution < 1.29 is 14.7 Å². The van der Waals surface area contributed by atoms with Crippen molar-refractivity contribution >= 4 is 35.1 Å². The lowest BCUT2D eigenvalue weighted by Crippen LogP contribution is -2.32. The van der Waals surface area contributed by atoms with E-state index in [2.05, 4.69) is 5.32 Å². The minimum Gasteiger partial charge on any atom is -0.481 e. The Balaban J connectivity index is 1.83. The Morgan fingerprint density at radius 1 is 1.10 bits per heavy atom. The molecular formula is C15H17Cl2NO3. The molecule has 1 saturated carbocycles. The van der Waals surface area contributed by atoms with Gasteiger partial charge in [0, 0.05) is 22.2 Å². The minimum atomic E-state index is -0.717. The highest BCUT2D eigenvalue weighted by molar-refractivity contribution is 6.35. The fourth-order valence-corrected chi connectivity index (χ4v) is 3.16. The quantitative estimate of drug-likeness (QED) is 0.886. The smallest absolute Gasteiger partial charge is 0.306 e. The molecule has 0 saturated heterocycles. The second kappa shape index (κ2) is 7.14. The Morgan fingerprint density at radius 3 is 2.19 bits per heavy atom. The Labute approximate surface area is 133 Å². The van der Waals surface area contributed by atoms with E-state index in [-0.39, 0.29) is 11.8 Å². The second-order valence-corrected chi connectivity index (χ2v) is 6.30. The number of carbonyl (C=O) groups excluding carboxylic acids is 1. The first kappa shape index (κ1) is 16.1. The first-order valence-electron chi connectivity index (χ1n) is 6.93. The normalized spacial score (nSPS) is 21.8.